The molecule has 0 spiro atoms. The van der Waals surface area contributed by atoms with Crippen LogP contribution in [0.2, 0.25) is 0 Å². The summed E-state index contributed by atoms with van der Waals surface area (Å²) >= 11 is -7.48. The van der Waals surface area contributed by atoms with Crippen LogP contribution in [-0.2, 0) is 25.3 Å². The summed E-state index contributed by atoms with van der Waals surface area (Å²) < 4.78 is 135. The summed E-state index contributed by atoms with van der Waals surface area (Å²) in [7, 11) is -11.9. The third kappa shape index (κ3) is 7.34. The Balaban J connectivity index is 2.06. The van der Waals surface area contributed by atoms with Crippen LogP contribution in [0.3, 0.4) is 0 Å². The molecule has 3 aromatic carbocycles. The molecular weight excluding hydrogens is 780 g/mol. The molecule has 0 radical (unpaired) electrons. The molecule has 0 aliphatic carbocycles. The topological polar surface area (TPSA) is 86.7 Å². The van der Waals surface area contributed by atoms with E-state index in [0.717, 1.165) is 5.56 Å². The second-order valence-corrected chi connectivity index (χ2v) is 19.9. The molecule has 0 saturated heterocycles. The van der Waals surface area contributed by atoms with Gasteiger partial charge in [0.15, 0.2) is 0 Å². The molecule has 0 atom stereocenters. The fraction of sp³-hybridized carbons (Fsp3) is 0.143. The molecular formula is C21H16F6I2O6S2. The zero-order chi connectivity index (χ0) is 27.6. The van der Waals surface area contributed by atoms with Crippen molar-refractivity contribution in [1.29, 1.82) is 0 Å². The van der Waals surface area contributed by atoms with Gasteiger partial charge < -0.3 is 0 Å². The van der Waals surface area contributed by atoms with Gasteiger partial charge in [0.2, 0.25) is 0 Å². The van der Waals surface area contributed by atoms with Crippen LogP contribution in [0.5, 0.6) is 0 Å². The van der Waals surface area contributed by atoms with Crippen molar-refractivity contribution in [2.45, 2.75) is 17.9 Å². The minimum absolute atomic E-state index is 0.0744. The van der Waals surface area contributed by atoms with Gasteiger partial charge in [-0.25, -0.2) is 0 Å². The summed E-state index contributed by atoms with van der Waals surface area (Å²) in [6.07, 6.45) is 0. The van der Waals surface area contributed by atoms with Crippen LogP contribution in [0.25, 0.3) is 0 Å². The van der Waals surface area contributed by atoms with E-state index in [1.54, 1.807) is 25.1 Å². The van der Waals surface area contributed by atoms with Gasteiger partial charge in [-0.1, -0.05) is 0 Å². The molecule has 0 aliphatic rings. The third-order valence-corrected chi connectivity index (χ3v) is 18.3. The first-order valence-electron chi connectivity index (χ1n) is 9.66. The predicted octanol–water partition coefficient (Wildman–Crippen LogP) is 6.65. The van der Waals surface area contributed by atoms with Crippen LogP contribution >= 0.6 is 40.5 Å². The molecule has 3 rings (SSSR count). The van der Waals surface area contributed by atoms with Gasteiger partial charge in [0.1, 0.15) is 0 Å². The van der Waals surface area contributed by atoms with Crippen molar-refractivity contribution in [3.05, 3.63) is 98.7 Å². The SMILES string of the molecule is Cc1ccc(I(OS(=O)(=O)C(F)(F)F)c2ccc(I(OS(=O)(=O)C(F)(F)F)c3ccccc3)cc2)cc1. The van der Waals surface area contributed by atoms with E-state index in [9.17, 15) is 43.2 Å². The summed E-state index contributed by atoms with van der Waals surface area (Å²) in [5.41, 5.74) is -10.6. The fourth-order valence-electron chi connectivity index (χ4n) is 2.47. The monoisotopic (exact) mass is 796 g/mol. The zero-order valence-electron chi connectivity index (χ0n) is 18.3. The third-order valence-electron chi connectivity index (χ3n) is 4.20. The normalized spacial score (nSPS) is 13.8. The molecule has 16 heteroatoms. The van der Waals surface area contributed by atoms with E-state index >= 15 is 0 Å². The van der Waals surface area contributed by atoms with Crippen LogP contribution in [0.1, 0.15) is 5.56 Å². The van der Waals surface area contributed by atoms with Crippen molar-refractivity contribution in [1.82, 2.24) is 0 Å². The molecule has 0 bridgehead atoms. The zero-order valence-corrected chi connectivity index (χ0v) is 24.2. The number of hydrogen-bond donors (Lipinski definition) is 0. The molecule has 0 N–H and O–H groups in total. The first-order valence-corrected chi connectivity index (χ1v) is 18.6. The van der Waals surface area contributed by atoms with Gasteiger partial charge in [0.25, 0.3) is 0 Å². The first kappa shape index (κ1) is 30.1. The van der Waals surface area contributed by atoms with E-state index < -0.39 is 71.7 Å². The van der Waals surface area contributed by atoms with Gasteiger partial charge in [-0.2, -0.15) is 0 Å². The van der Waals surface area contributed by atoms with Crippen molar-refractivity contribution >= 4 is 60.7 Å². The van der Waals surface area contributed by atoms with Crippen LogP contribution in [0, 0.1) is 21.2 Å². The molecule has 0 heterocycles. The Kier molecular flexibility index (Phi) is 9.20. The molecule has 37 heavy (non-hydrogen) atoms. The van der Waals surface area contributed by atoms with Crippen LogP contribution < -0.4 is 0 Å². The minimum atomic E-state index is -5.96. The molecule has 0 amide bonds. The molecule has 0 aromatic heterocycles. The summed E-state index contributed by atoms with van der Waals surface area (Å²) in [4.78, 5) is 0. The number of benzene rings is 3. The predicted molar refractivity (Wildman–Crippen MR) is 139 cm³/mol. The van der Waals surface area contributed by atoms with E-state index in [4.69, 9.17) is 0 Å². The van der Waals surface area contributed by atoms with Gasteiger partial charge in [-0.05, 0) is 0 Å². The maximum atomic E-state index is 13.1. The molecule has 0 aliphatic heterocycles. The standard InChI is InChI=1S/C21H16F6I2O6S2/c1-15-7-9-17(10-8-15)29(35-37(32,33)21(25,26)27)19-13-11-18(12-14-19)28(16-5-3-2-4-6-16)34-36(30,31)20(22,23)24/h2-14H,1H3. The second-order valence-electron chi connectivity index (χ2n) is 6.95. The van der Waals surface area contributed by atoms with E-state index in [0.29, 0.717) is 0 Å². The van der Waals surface area contributed by atoms with Crippen molar-refractivity contribution < 1.29 is 48.2 Å². The van der Waals surface area contributed by atoms with E-state index in [-0.39, 0.29) is 14.3 Å². The van der Waals surface area contributed by atoms with Crippen molar-refractivity contribution in [2.24, 2.45) is 0 Å². The number of hydrogen-bond acceptors (Lipinski definition) is 6. The number of halogens is 8. The Morgan fingerprint density at radius 1 is 0.541 bits per heavy atom. The van der Waals surface area contributed by atoms with E-state index in [1.807, 2.05) is 0 Å². The van der Waals surface area contributed by atoms with Gasteiger partial charge in [0, 0.05) is 0 Å². The van der Waals surface area contributed by atoms with Gasteiger partial charge in [-0.3, -0.25) is 0 Å². The molecule has 204 valence electrons. The first-order chi connectivity index (χ1) is 17.0. The Labute approximate surface area is 224 Å². The summed E-state index contributed by atoms with van der Waals surface area (Å²) in [6, 6.07) is 18.2. The average Bonchev–Trinajstić information content (AvgIpc) is 2.81. The Bertz CT molecular complexity index is 1430. The molecule has 0 unspecified atom stereocenters. The number of aryl methyl sites for hydroxylation is 1. The molecule has 0 saturated carbocycles. The number of alkyl halides is 6. The van der Waals surface area contributed by atoms with Crippen LogP contribution in [0.15, 0.2) is 78.9 Å². The Hall–Kier alpha value is -1.48. The fourth-order valence-corrected chi connectivity index (χ4v) is 15.3. The van der Waals surface area contributed by atoms with Crippen molar-refractivity contribution in [3.8, 4) is 0 Å². The molecule has 3 aromatic rings. The van der Waals surface area contributed by atoms with Gasteiger partial charge in [-0.15, -0.1) is 0 Å². The second kappa shape index (κ2) is 11.3. The van der Waals surface area contributed by atoms with E-state index in [1.165, 1.54) is 60.7 Å². The Morgan fingerprint density at radius 2 is 0.838 bits per heavy atom. The summed E-state index contributed by atoms with van der Waals surface area (Å²) in [5, 5.41) is 0. The number of rotatable bonds is 8. The quantitative estimate of drug-likeness (QED) is 0.144. The van der Waals surface area contributed by atoms with Crippen LogP contribution in [-0.4, -0.2) is 27.9 Å². The maximum absolute atomic E-state index is 13.1. The van der Waals surface area contributed by atoms with Crippen molar-refractivity contribution in [2.75, 3.05) is 0 Å². The van der Waals surface area contributed by atoms with Crippen LogP contribution in [0.4, 0.5) is 26.3 Å². The van der Waals surface area contributed by atoms with Gasteiger partial charge in [0.05, 0.1) is 0 Å². The molecule has 6 nitrogen and oxygen atoms in total. The average molecular weight is 796 g/mol. The Morgan fingerprint density at radius 3 is 1.16 bits per heavy atom. The molecule has 0 fully saturated rings. The van der Waals surface area contributed by atoms with E-state index in [2.05, 4.69) is 5.03 Å². The van der Waals surface area contributed by atoms with Crippen molar-refractivity contribution in [3.63, 3.8) is 0 Å². The summed E-state index contributed by atoms with van der Waals surface area (Å²) in [5.74, 6) is 0. The van der Waals surface area contributed by atoms with Gasteiger partial charge >= 0.3 is 226 Å². The summed E-state index contributed by atoms with van der Waals surface area (Å²) in [6.45, 7) is 1.72.